The standard InChI is InChI=1S/C30H43N7O3/c38-28-21-7-8-24(35-15-17-36(18-16-35)26-19-31-9-10-32-26)29-27(21)37(23-5-1-2-6-25(23)40-29)20-22(28)30(39)33-11-14-34-12-3-4-13-34/h9-10,19-21,23-25,27,29H,1-8,11-18H2,(H,33,39). The average molecular weight is 550 g/mol. The zero-order chi connectivity index (χ0) is 27.1. The van der Waals surface area contributed by atoms with Gasteiger partial charge in [-0.15, -0.1) is 0 Å². The number of nitrogens with zero attached hydrogens (tertiary/aromatic N) is 6. The third kappa shape index (κ3) is 4.92. The van der Waals surface area contributed by atoms with Crippen LogP contribution in [0.25, 0.3) is 0 Å². The maximum Gasteiger partial charge on any atom is 0.256 e. The second-order valence-corrected chi connectivity index (χ2v) is 12.5. The number of fused-ring (bicyclic) bond motifs is 2. The molecule has 10 heteroatoms. The van der Waals surface area contributed by atoms with Crippen molar-refractivity contribution in [2.45, 2.75) is 81.7 Å². The van der Waals surface area contributed by atoms with Crippen molar-refractivity contribution in [3.8, 4) is 0 Å². The van der Waals surface area contributed by atoms with E-state index in [1.54, 1.807) is 12.4 Å². The highest BCUT2D eigenvalue weighted by Gasteiger charge is 2.56. The van der Waals surface area contributed by atoms with Crippen molar-refractivity contribution in [1.29, 1.82) is 0 Å². The number of morpholine rings is 1. The summed E-state index contributed by atoms with van der Waals surface area (Å²) in [6.07, 6.45) is 16.1. The summed E-state index contributed by atoms with van der Waals surface area (Å²) in [4.78, 5) is 45.6. The first-order valence-electron chi connectivity index (χ1n) is 15.6. The van der Waals surface area contributed by atoms with Crippen molar-refractivity contribution >= 4 is 17.5 Å². The Balaban J connectivity index is 1.08. The summed E-state index contributed by atoms with van der Waals surface area (Å²) in [5, 5.41) is 3.08. The molecule has 40 heavy (non-hydrogen) atoms. The number of carbonyl (C=O) groups excluding carboxylic acids is 2. The van der Waals surface area contributed by atoms with Crippen LogP contribution in [-0.4, -0.2) is 119 Å². The van der Waals surface area contributed by atoms with Crippen molar-refractivity contribution in [2.24, 2.45) is 5.92 Å². The monoisotopic (exact) mass is 549 g/mol. The molecule has 0 aromatic carbocycles. The molecule has 1 amide bonds. The molecule has 6 unspecified atom stereocenters. The number of ketones is 1. The van der Waals surface area contributed by atoms with Gasteiger partial charge in [0.25, 0.3) is 5.91 Å². The summed E-state index contributed by atoms with van der Waals surface area (Å²) in [5.41, 5.74) is 0.365. The van der Waals surface area contributed by atoms with Crippen molar-refractivity contribution in [3.63, 3.8) is 0 Å². The van der Waals surface area contributed by atoms with Gasteiger partial charge in [0.1, 0.15) is 5.82 Å². The molecule has 0 radical (unpaired) electrons. The van der Waals surface area contributed by atoms with E-state index >= 15 is 0 Å². The van der Waals surface area contributed by atoms with Crippen molar-refractivity contribution in [2.75, 3.05) is 57.3 Å². The Hall–Kier alpha value is -2.56. The first-order valence-corrected chi connectivity index (χ1v) is 15.6. The molecule has 6 aliphatic rings. The van der Waals surface area contributed by atoms with Crippen LogP contribution in [0.2, 0.25) is 0 Å². The summed E-state index contributed by atoms with van der Waals surface area (Å²) < 4.78 is 6.97. The SMILES string of the molecule is O=C(NCCN1CCCC1)C1=CN2C3CCCCC3OC3C(N4CCN(c5cnccn5)CC4)CCC(C1=O)C32. The fourth-order valence-corrected chi connectivity index (χ4v) is 8.30. The van der Waals surface area contributed by atoms with Gasteiger partial charge in [0.2, 0.25) is 0 Å². The number of hydrogen-bond donors (Lipinski definition) is 1. The van der Waals surface area contributed by atoms with Gasteiger partial charge >= 0.3 is 0 Å². The highest BCUT2D eigenvalue weighted by Crippen LogP contribution is 2.46. The fourth-order valence-electron chi connectivity index (χ4n) is 8.30. The number of nitrogens with one attached hydrogen (secondary N) is 1. The van der Waals surface area contributed by atoms with Crippen LogP contribution in [0.4, 0.5) is 5.82 Å². The molecule has 216 valence electrons. The third-order valence-corrected chi connectivity index (χ3v) is 10.3. The van der Waals surface area contributed by atoms with Gasteiger partial charge < -0.3 is 24.8 Å². The molecule has 5 fully saturated rings. The zero-order valence-electron chi connectivity index (χ0n) is 23.5. The Kier molecular flexibility index (Phi) is 7.49. The van der Waals surface area contributed by atoms with E-state index in [4.69, 9.17) is 4.74 Å². The van der Waals surface area contributed by atoms with Crippen LogP contribution in [0.3, 0.4) is 0 Å². The van der Waals surface area contributed by atoms with E-state index < -0.39 is 0 Å². The predicted octanol–water partition coefficient (Wildman–Crippen LogP) is 1.44. The molecule has 6 atom stereocenters. The normalized spacial score (nSPS) is 34.7. The van der Waals surface area contributed by atoms with Gasteiger partial charge in [-0.25, -0.2) is 4.98 Å². The number of likely N-dealkylation sites (tertiary alicyclic amines) is 1. The van der Waals surface area contributed by atoms with Gasteiger partial charge in [-0.1, -0.05) is 12.8 Å². The van der Waals surface area contributed by atoms with Crippen molar-refractivity contribution < 1.29 is 14.3 Å². The minimum Gasteiger partial charge on any atom is -0.369 e. The lowest BCUT2D eigenvalue weighted by Gasteiger charge is -2.60. The Morgan fingerprint density at radius 2 is 1.77 bits per heavy atom. The van der Waals surface area contributed by atoms with E-state index in [2.05, 4.69) is 34.9 Å². The van der Waals surface area contributed by atoms with Crippen LogP contribution < -0.4 is 10.2 Å². The lowest BCUT2D eigenvalue weighted by molar-refractivity contribution is -0.200. The first kappa shape index (κ1) is 26.3. The van der Waals surface area contributed by atoms with E-state index in [1.807, 2.05) is 12.4 Å². The van der Waals surface area contributed by atoms with Crippen molar-refractivity contribution in [3.05, 3.63) is 30.4 Å². The number of ether oxygens (including phenoxy) is 1. The largest absolute Gasteiger partial charge is 0.369 e. The van der Waals surface area contributed by atoms with E-state index in [1.165, 1.54) is 25.7 Å². The molecule has 1 aromatic rings. The topological polar surface area (TPSA) is 94.1 Å². The Morgan fingerprint density at radius 1 is 0.950 bits per heavy atom. The molecule has 0 bridgehead atoms. The Bertz CT molecular complexity index is 1100. The number of piperazine rings is 1. The summed E-state index contributed by atoms with van der Waals surface area (Å²) in [5.74, 6) is 0.591. The maximum atomic E-state index is 13.8. The Labute approximate surface area is 237 Å². The highest BCUT2D eigenvalue weighted by molar-refractivity contribution is 6.20. The zero-order valence-corrected chi connectivity index (χ0v) is 23.5. The second-order valence-electron chi connectivity index (χ2n) is 12.5. The number of anilines is 1. The lowest BCUT2D eigenvalue weighted by atomic mass is 9.70. The van der Waals surface area contributed by atoms with Crippen molar-refractivity contribution in [1.82, 2.24) is 30.0 Å². The van der Waals surface area contributed by atoms with Crippen LogP contribution in [-0.2, 0) is 14.3 Å². The molecule has 4 aliphatic heterocycles. The molecule has 3 saturated heterocycles. The number of aromatic nitrogens is 2. The van der Waals surface area contributed by atoms with Crippen LogP contribution >= 0.6 is 0 Å². The van der Waals surface area contributed by atoms with E-state index in [0.29, 0.717) is 12.1 Å². The van der Waals surface area contributed by atoms with Crippen LogP contribution in [0.15, 0.2) is 30.4 Å². The molecule has 10 nitrogen and oxygen atoms in total. The van der Waals surface area contributed by atoms with Gasteiger partial charge in [0.05, 0.1) is 36.1 Å². The smallest absolute Gasteiger partial charge is 0.256 e. The van der Waals surface area contributed by atoms with E-state index in [9.17, 15) is 9.59 Å². The number of Topliss-reactive ketones (excluding diaryl/α,β-unsaturated/α-hetero) is 1. The molecule has 1 N–H and O–H groups in total. The van der Waals surface area contributed by atoms with Gasteiger partial charge in [0.15, 0.2) is 5.78 Å². The molecule has 1 aromatic heterocycles. The average Bonchev–Trinajstić information content (AvgIpc) is 3.52. The van der Waals surface area contributed by atoms with Gasteiger partial charge in [-0.05, 0) is 51.6 Å². The van der Waals surface area contributed by atoms with Gasteiger partial charge in [-0.3, -0.25) is 19.5 Å². The summed E-state index contributed by atoms with van der Waals surface area (Å²) in [7, 11) is 0. The lowest BCUT2D eigenvalue weighted by Crippen LogP contribution is -2.71. The van der Waals surface area contributed by atoms with Gasteiger partial charge in [0, 0.05) is 69.8 Å². The number of rotatable bonds is 6. The molecule has 5 heterocycles. The third-order valence-electron chi connectivity index (χ3n) is 10.3. The summed E-state index contributed by atoms with van der Waals surface area (Å²) in [6.45, 7) is 7.38. The molecule has 0 spiro atoms. The quantitative estimate of drug-likeness (QED) is 0.529. The minimum absolute atomic E-state index is 0.0128. The van der Waals surface area contributed by atoms with Gasteiger partial charge in [-0.2, -0.15) is 0 Å². The maximum absolute atomic E-state index is 13.8. The minimum atomic E-state index is -0.194. The first-order chi connectivity index (χ1) is 19.7. The predicted molar refractivity (Wildman–Crippen MR) is 151 cm³/mol. The number of amides is 1. The molecule has 2 aliphatic carbocycles. The molecular weight excluding hydrogens is 506 g/mol. The Morgan fingerprint density at radius 3 is 2.58 bits per heavy atom. The molecule has 2 saturated carbocycles. The summed E-state index contributed by atoms with van der Waals surface area (Å²) >= 11 is 0. The highest BCUT2D eigenvalue weighted by atomic mass is 16.5. The fraction of sp³-hybridized carbons (Fsp3) is 0.733. The number of carbonyl (C=O) groups is 2. The second kappa shape index (κ2) is 11.4. The molecular formula is C30H43N7O3. The number of hydrogen-bond acceptors (Lipinski definition) is 9. The molecule has 7 rings (SSSR count). The van der Waals surface area contributed by atoms with Crippen LogP contribution in [0.5, 0.6) is 0 Å². The van der Waals surface area contributed by atoms with E-state index in [-0.39, 0.29) is 47.9 Å². The summed E-state index contributed by atoms with van der Waals surface area (Å²) in [6, 6.07) is 0.558. The van der Waals surface area contributed by atoms with E-state index in [0.717, 1.165) is 77.3 Å². The van der Waals surface area contributed by atoms with Crippen LogP contribution in [0, 0.1) is 5.92 Å². The van der Waals surface area contributed by atoms with Crippen LogP contribution in [0.1, 0.15) is 51.4 Å².